The van der Waals surface area contributed by atoms with Crippen LogP contribution in [0.5, 0.6) is 11.5 Å². The third-order valence-corrected chi connectivity index (χ3v) is 7.09. The zero-order valence-corrected chi connectivity index (χ0v) is 23.1. The minimum atomic E-state index is -4.85. The molecule has 0 radical (unpaired) electrons. The van der Waals surface area contributed by atoms with Crippen LogP contribution in [-0.4, -0.2) is 43.5 Å². The lowest BCUT2D eigenvalue weighted by molar-refractivity contribution is -0.274. The zero-order chi connectivity index (χ0) is 28.9. The summed E-state index contributed by atoms with van der Waals surface area (Å²) >= 11 is 3.34. The molecule has 0 bridgehead atoms. The van der Waals surface area contributed by atoms with E-state index < -0.39 is 24.0 Å². The van der Waals surface area contributed by atoms with Crippen molar-refractivity contribution in [1.82, 2.24) is 0 Å². The Morgan fingerprint density at radius 2 is 1.73 bits per heavy atom. The van der Waals surface area contributed by atoms with E-state index >= 15 is 0 Å². The van der Waals surface area contributed by atoms with Crippen LogP contribution in [0.2, 0.25) is 0 Å². The van der Waals surface area contributed by atoms with Crippen molar-refractivity contribution >= 4 is 44.9 Å². The van der Waals surface area contributed by atoms with Crippen molar-refractivity contribution in [3.63, 3.8) is 0 Å². The Bertz CT molecular complexity index is 1360. The highest BCUT2D eigenvalue weighted by Crippen LogP contribution is 2.33. The summed E-state index contributed by atoms with van der Waals surface area (Å²) in [5.41, 5.74) is 5.37. The number of hydrogen-bond donors (Lipinski definition) is 2. The molecule has 8 nitrogen and oxygen atoms in total. The van der Waals surface area contributed by atoms with Gasteiger partial charge < -0.3 is 19.5 Å². The second-order valence-electron chi connectivity index (χ2n) is 9.07. The van der Waals surface area contributed by atoms with Crippen LogP contribution in [0.25, 0.3) is 0 Å². The maximum absolute atomic E-state index is 13.8. The van der Waals surface area contributed by atoms with E-state index in [1.807, 2.05) is 24.3 Å². The molecule has 0 unspecified atom stereocenters. The van der Waals surface area contributed by atoms with Gasteiger partial charge >= 0.3 is 12.3 Å². The Labute approximate surface area is 237 Å². The molecule has 0 aliphatic carbocycles. The van der Waals surface area contributed by atoms with Crippen LogP contribution < -0.4 is 24.8 Å². The highest BCUT2D eigenvalue weighted by molar-refractivity contribution is 9.10. The number of amides is 1. The van der Waals surface area contributed by atoms with Gasteiger partial charge in [0.25, 0.3) is 0 Å². The number of ether oxygens (including phenoxy) is 2. The van der Waals surface area contributed by atoms with Crippen molar-refractivity contribution < 1.29 is 37.3 Å². The minimum absolute atomic E-state index is 0.0729. The summed E-state index contributed by atoms with van der Waals surface area (Å²) in [6, 6.07) is 15.3. The van der Waals surface area contributed by atoms with Crippen LogP contribution >= 0.6 is 15.9 Å². The molecule has 0 atom stereocenters. The Kier molecular flexibility index (Phi) is 9.08. The van der Waals surface area contributed by atoms with Gasteiger partial charge in [-0.3, -0.25) is 10.2 Å². The summed E-state index contributed by atoms with van der Waals surface area (Å²) in [6.07, 6.45) is -1.81. The number of carboxylic acid groups (broad SMARTS) is 1. The Hall–Kier alpha value is -3.93. The van der Waals surface area contributed by atoms with E-state index in [2.05, 4.69) is 31.0 Å². The van der Waals surface area contributed by atoms with E-state index in [4.69, 9.17) is 4.74 Å². The number of methoxy groups -OCH3 is 1. The van der Waals surface area contributed by atoms with Crippen molar-refractivity contribution in [3.05, 3.63) is 76.3 Å². The Morgan fingerprint density at radius 3 is 2.35 bits per heavy atom. The summed E-state index contributed by atoms with van der Waals surface area (Å²) < 4.78 is 47.7. The van der Waals surface area contributed by atoms with Crippen molar-refractivity contribution in [2.75, 3.05) is 35.5 Å². The predicted molar refractivity (Wildman–Crippen MR) is 148 cm³/mol. The molecule has 1 fully saturated rings. The van der Waals surface area contributed by atoms with Crippen LogP contribution in [0.1, 0.15) is 35.2 Å². The number of carbonyl (C=O) groups excluding carboxylic acids is 1. The number of hydrazine groups is 1. The van der Waals surface area contributed by atoms with Gasteiger partial charge in [-0.2, -0.15) is 0 Å². The number of carboxylic acids is 1. The van der Waals surface area contributed by atoms with E-state index in [-0.39, 0.29) is 23.4 Å². The number of anilines is 3. The summed E-state index contributed by atoms with van der Waals surface area (Å²) in [7, 11) is 1.33. The molecular formula is C28H27BrF3N3O5. The number of benzene rings is 3. The van der Waals surface area contributed by atoms with Crippen LogP contribution in [-0.2, 0) is 11.2 Å². The molecule has 1 amide bonds. The van der Waals surface area contributed by atoms with Gasteiger partial charge in [-0.05, 0) is 73.4 Å². The summed E-state index contributed by atoms with van der Waals surface area (Å²) in [5.74, 6) is -1.98. The van der Waals surface area contributed by atoms with Crippen LogP contribution in [0.3, 0.4) is 0 Å². The standard InChI is InChI=1S/C28H27BrF3N3O5/c1-39-25-15-18(22(29)17-21(25)27(37)38)16-26(36)35(19-9-11-20(12-10-19)40-28(30,31)32)33-23-7-3-4-8-24(23)34-13-5-2-6-14-34/h3-4,7-12,15,17,33H,2,5-6,13-14,16H2,1H3,(H,37,38). The van der Waals surface area contributed by atoms with Crippen molar-refractivity contribution in [3.8, 4) is 11.5 Å². The maximum atomic E-state index is 13.8. The lowest BCUT2D eigenvalue weighted by atomic mass is 10.1. The monoisotopic (exact) mass is 621 g/mol. The fraction of sp³-hybridized carbons (Fsp3) is 0.286. The molecule has 3 aromatic rings. The van der Waals surface area contributed by atoms with Gasteiger partial charge in [0.2, 0.25) is 5.91 Å². The zero-order valence-electron chi connectivity index (χ0n) is 21.5. The van der Waals surface area contributed by atoms with Gasteiger partial charge in [0.15, 0.2) is 0 Å². The second-order valence-corrected chi connectivity index (χ2v) is 9.93. The van der Waals surface area contributed by atoms with Crippen molar-refractivity contribution in [2.45, 2.75) is 32.0 Å². The smallest absolute Gasteiger partial charge is 0.496 e. The number of carbonyl (C=O) groups is 2. The average Bonchev–Trinajstić information content (AvgIpc) is 2.93. The van der Waals surface area contributed by atoms with Gasteiger partial charge in [-0.25, -0.2) is 9.80 Å². The largest absolute Gasteiger partial charge is 0.573 e. The fourth-order valence-electron chi connectivity index (χ4n) is 4.48. The molecule has 4 rings (SSSR count). The lowest BCUT2D eigenvalue weighted by Gasteiger charge is -2.33. The van der Waals surface area contributed by atoms with Crippen LogP contribution in [0.4, 0.5) is 30.2 Å². The summed E-state index contributed by atoms with van der Waals surface area (Å²) in [4.78, 5) is 27.5. The first kappa shape index (κ1) is 29.1. The fourth-order valence-corrected chi connectivity index (χ4v) is 4.96. The third kappa shape index (κ3) is 7.17. The molecule has 40 heavy (non-hydrogen) atoms. The molecule has 212 valence electrons. The molecule has 0 aromatic heterocycles. The molecule has 1 heterocycles. The van der Waals surface area contributed by atoms with Gasteiger partial charge in [0, 0.05) is 17.6 Å². The highest BCUT2D eigenvalue weighted by Gasteiger charge is 2.31. The van der Waals surface area contributed by atoms with Gasteiger partial charge in [0.05, 0.1) is 30.6 Å². The topological polar surface area (TPSA) is 91.3 Å². The first-order valence-electron chi connectivity index (χ1n) is 12.4. The molecule has 2 N–H and O–H groups in total. The maximum Gasteiger partial charge on any atom is 0.573 e. The van der Waals surface area contributed by atoms with Crippen LogP contribution in [0.15, 0.2) is 65.1 Å². The number of nitrogens with zero attached hydrogens (tertiary/aromatic N) is 2. The third-order valence-electron chi connectivity index (χ3n) is 6.35. The molecule has 1 saturated heterocycles. The van der Waals surface area contributed by atoms with E-state index in [1.54, 1.807) is 0 Å². The molecule has 12 heteroatoms. The molecule has 0 saturated carbocycles. The first-order valence-corrected chi connectivity index (χ1v) is 13.2. The second kappa shape index (κ2) is 12.5. The number of alkyl halides is 3. The van der Waals surface area contributed by atoms with Crippen molar-refractivity contribution in [2.24, 2.45) is 0 Å². The van der Waals surface area contributed by atoms with Crippen molar-refractivity contribution in [1.29, 1.82) is 0 Å². The number of halogens is 4. The highest BCUT2D eigenvalue weighted by atomic mass is 79.9. The molecule has 1 aliphatic heterocycles. The molecule has 3 aromatic carbocycles. The lowest BCUT2D eigenvalue weighted by Crippen LogP contribution is -2.38. The quantitative estimate of drug-likeness (QED) is 0.259. The number of rotatable bonds is 9. The normalized spacial score (nSPS) is 13.5. The Balaban J connectivity index is 1.68. The van der Waals surface area contributed by atoms with Gasteiger partial charge in [-0.1, -0.05) is 28.1 Å². The number of hydrogen-bond acceptors (Lipinski definition) is 6. The molecule has 1 aliphatic rings. The van der Waals surface area contributed by atoms with E-state index in [9.17, 15) is 27.9 Å². The summed E-state index contributed by atoms with van der Waals surface area (Å²) in [6.45, 7) is 1.72. The van der Waals surface area contributed by atoms with E-state index in [0.29, 0.717) is 15.7 Å². The number of nitrogens with one attached hydrogen (secondary N) is 1. The summed E-state index contributed by atoms with van der Waals surface area (Å²) in [5, 5.41) is 10.7. The SMILES string of the molecule is COc1cc(CC(=O)N(Nc2ccccc2N2CCCCC2)c2ccc(OC(F)(F)F)cc2)c(Br)cc1C(=O)O. The number of para-hydroxylation sites is 2. The van der Waals surface area contributed by atoms with E-state index in [1.165, 1.54) is 36.4 Å². The van der Waals surface area contributed by atoms with Crippen LogP contribution in [0, 0.1) is 0 Å². The number of piperidine rings is 1. The Morgan fingerprint density at radius 1 is 1.05 bits per heavy atom. The molecular weight excluding hydrogens is 595 g/mol. The molecule has 0 spiro atoms. The first-order chi connectivity index (χ1) is 19.1. The minimum Gasteiger partial charge on any atom is -0.496 e. The predicted octanol–water partition coefficient (Wildman–Crippen LogP) is 6.65. The van der Waals surface area contributed by atoms with E-state index in [0.717, 1.165) is 50.2 Å². The van der Waals surface area contributed by atoms with Gasteiger partial charge in [-0.15, -0.1) is 13.2 Å². The van der Waals surface area contributed by atoms with Gasteiger partial charge in [0.1, 0.15) is 17.1 Å². The average molecular weight is 622 g/mol. The number of aromatic carboxylic acids is 1.